The minimum atomic E-state index is -0.242. The number of rotatable bonds is 2. The molecule has 0 spiro atoms. The number of nitrogens with one attached hydrogen (secondary N) is 1. The summed E-state index contributed by atoms with van der Waals surface area (Å²) in [5, 5.41) is 3.66. The highest BCUT2D eigenvalue weighted by Crippen LogP contribution is 2.25. The highest BCUT2D eigenvalue weighted by molar-refractivity contribution is 6.42. The molecule has 4 nitrogen and oxygen atoms in total. The van der Waals surface area contributed by atoms with Gasteiger partial charge in [0.15, 0.2) is 0 Å². The van der Waals surface area contributed by atoms with Crippen molar-refractivity contribution in [1.29, 1.82) is 0 Å². The number of benzene rings is 1. The van der Waals surface area contributed by atoms with Crippen molar-refractivity contribution < 1.29 is 4.79 Å². The van der Waals surface area contributed by atoms with Crippen LogP contribution < -0.4 is 5.32 Å². The van der Waals surface area contributed by atoms with E-state index < -0.39 is 0 Å². The third-order valence-corrected chi connectivity index (χ3v) is 4.15. The van der Waals surface area contributed by atoms with Crippen molar-refractivity contribution in [3.05, 3.63) is 63.5 Å². The topological polar surface area (TPSA) is 46.4 Å². The minimum absolute atomic E-state index is 0.242. The van der Waals surface area contributed by atoms with E-state index in [1.165, 1.54) is 0 Å². The fraction of sp³-hybridized carbons (Fsp3) is 0.125. The molecule has 1 aromatic carbocycles. The fourth-order valence-corrected chi connectivity index (χ4v) is 2.65. The molecule has 0 bridgehead atoms. The standard InChI is InChI=1S/C16H13Cl2N3O/c1-9-4-3-7-21-14(10(2)19-15(9)21)16(22)20-11-5-6-12(17)13(18)8-11/h3-8H,1-2H3,(H,20,22). The Morgan fingerprint density at radius 2 is 1.95 bits per heavy atom. The third kappa shape index (κ3) is 2.56. The molecular formula is C16H13Cl2N3O. The van der Waals surface area contributed by atoms with Crippen LogP contribution >= 0.6 is 23.2 Å². The number of carbonyl (C=O) groups excluding carboxylic acids is 1. The van der Waals surface area contributed by atoms with E-state index >= 15 is 0 Å². The van der Waals surface area contributed by atoms with E-state index in [4.69, 9.17) is 23.2 Å². The van der Waals surface area contributed by atoms with Crippen LogP contribution in [0.25, 0.3) is 5.65 Å². The van der Waals surface area contributed by atoms with Gasteiger partial charge < -0.3 is 5.32 Å². The number of imidazole rings is 1. The summed E-state index contributed by atoms with van der Waals surface area (Å²) in [6.45, 7) is 3.78. The first kappa shape index (κ1) is 14.9. The Morgan fingerprint density at radius 1 is 1.18 bits per heavy atom. The van der Waals surface area contributed by atoms with Crippen LogP contribution in [0.3, 0.4) is 0 Å². The van der Waals surface area contributed by atoms with Crippen LogP contribution in [0, 0.1) is 13.8 Å². The van der Waals surface area contributed by atoms with Crippen molar-refractivity contribution in [2.45, 2.75) is 13.8 Å². The van der Waals surface area contributed by atoms with Crippen molar-refractivity contribution >= 4 is 40.4 Å². The molecule has 0 saturated carbocycles. The van der Waals surface area contributed by atoms with Crippen LogP contribution in [0.2, 0.25) is 10.0 Å². The second-order valence-corrected chi connectivity index (χ2v) is 5.83. The maximum atomic E-state index is 12.6. The lowest BCUT2D eigenvalue weighted by atomic mass is 10.2. The van der Waals surface area contributed by atoms with E-state index in [1.54, 1.807) is 22.6 Å². The summed E-state index contributed by atoms with van der Waals surface area (Å²) in [5.41, 5.74) is 3.55. The molecule has 3 aromatic rings. The van der Waals surface area contributed by atoms with E-state index in [9.17, 15) is 4.79 Å². The Balaban J connectivity index is 2.00. The number of amides is 1. The van der Waals surface area contributed by atoms with Gasteiger partial charge in [-0.25, -0.2) is 4.98 Å². The second-order valence-electron chi connectivity index (χ2n) is 5.01. The Hall–Kier alpha value is -2.04. The Kier molecular flexibility index (Phi) is 3.81. The summed E-state index contributed by atoms with van der Waals surface area (Å²) in [7, 11) is 0. The molecule has 0 radical (unpaired) electrons. The smallest absolute Gasteiger partial charge is 0.274 e. The first-order valence-electron chi connectivity index (χ1n) is 6.68. The Labute approximate surface area is 137 Å². The van der Waals surface area contributed by atoms with Gasteiger partial charge in [-0.1, -0.05) is 29.3 Å². The van der Waals surface area contributed by atoms with Gasteiger partial charge in [-0.05, 0) is 43.7 Å². The average molecular weight is 334 g/mol. The number of pyridine rings is 1. The monoisotopic (exact) mass is 333 g/mol. The van der Waals surface area contributed by atoms with Gasteiger partial charge in [-0.3, -0.25) is 9.20 Å². The number of halogens is 2. The summed E-state index contributed by atoms with van der Waals surface area (Å²) in [6.07, 6.45) is 1.83. The Morgan fingerprint density at radius 3 is 2.68 bits per heavy atom. The lowest BCUT2D eigenvalue weighted by Gasteiger charge is -2.07. The predicted molar refractivity (Wildman–Crippen MR) is 89.1 cm³/mol. The SMILES string of the molecule is Cc1nc2c(C)cccn2c1C(=O)Nc1ccc(Cl)c(Cl)c1. The van der Waals surface area contributed by atoms with Crippen molar-refractivity contribution in [1.82, 2.24) is 9.38 Å². The van der Waals surface area contributed by atoms with Crippen LogP contribution in [0.5, 0.6) is 0 Å². The number of anilines is 1. The van der Waals surface area contributed by atoms with Gasteiger partial charge in [0.25, 0.3) is 5.91 Å². The van der Waals surface area contributed by atoms with Gasteiger partial charge in [-0.2, -0.15) is 0 Å². The molecule has 6 heteroatoms. The van der Waals surface area contributed by atoms with Crippen LogP contribution in [0.15, 0.2) is 36.5 Å². The molecule has 2 aromatic heterocycles. The zero-order chi connectivity index (χ0) is 15.9. The summed E-state index contributed by atoms with van der Waals surface area (Å²) in [6, 6.07) is 8.81. The summed E-state index contributed by atoms with van der Waals surface area (Å²) in [4.78, 5) is 17.0. The lowest BCUT2D eigenvalue weighted by Crippen LogP contribution is -2.15. The fourth-order valence-electron chi connectivity index (χ4n) is 2.36. The van der Waals surface area contributed by atoms with Gasteiger partial charge in [-0.15, -0.1) is 0 Å². The number of carbonyl (C=O) groups is 1. The molecule has 0 fully saturated rings. The van der Waals surface area contributed by atoms with Crippen LogP contribution in [-0.4, -0.2) is 15.3 Å². The second kappa shape index (κ2) is 5.63. The van der Waals surface area contributed by atoms with E-state index in [0.717, 1.165) is 11.2 Å². The molecule has 2 heterocycles. The zero-order valence-electron chi connectivity index (χ0n) is 12.0. The number of hydrogen-bond donors (Lipinski definition) is 1. The molecule has 0 atom stereocenters. The van der Waals surface area contributed by atoms with E-state index in [-0.39, 0.29) is 5.91 Å². The van der Waals surface area contributed by atoms with Gasteiger partial charge >= 0.3 is 0 Å². The van der Waals surface area contributed by atoms with Gasteiger partial charge in [0, 0.05) is 11.9 Å². The summed E-state index contributed by atoms with van der Waals surface area (Å²) in [5.74, 6) is -0.242. The number of aromatic nitrogens is 2. The molecule has 3 rings (SSSR count). The maximum Gasteiger partial charge on any atom is 0.274 e. The highest BCUT2D eigenvalue weighted by atomic mass is 35.5. The molecule has 1 N–H and O–H groups in total. The molecule has 0 unspecified atom stereocenters. The number of aryl methyl sites for hydroxylation is 2. The van der Waals surface area contributed by atoms with Crippen LogP contribution in [0.4, 0.5) is 5.69 Å². The maximum absolute atomic E-state index is 12.6. The normalized spacial score (nSPS) is 10.9. The molecule has 0 aliphatic heterocycles. The average Bonchev–Trinajstić information content (AvgIpc) is 2.81. The van der Waals surface area contributed by atoms with Crippen molar-refractivity contribution in [2.75, 3.05) is 5.32 Å². The van der Waals surface area contributed by atoms with E-state index in [0.29, 0.717) is 27.1 Å². The highest BCUT2D eigenvalue weighted by Gasteiger charge is 2.17. The van der Waals surface area contributed by atoms with Crippen molar-refractivity contribution in [2.24, 2.45) is 0 Å². The van der Waals surface area contributed by atoms with E-state index in [1.807, 2.05) is 32.2 Å². The molecule has 0 saturated heterocycles. The first-order chi connectivity index (χ1) is 10.5. The number of fused-ring (bicyclic) bond motifs is 1. The quantitative estimate of drug-likeness (QED) is 0.749. The van der Waals surface area contributed by atoms with Gasteiger partial charge in [0.2, 0.25) is 0 Å². The van der Waals surface area contributed by atoms with Crippen LogP contribution in [0.1, 0.15) is 21.7 Å². The van der Waals surface area contributed by atoms with Crippen molar-refractivity contribution in [3.8, 4) is 0 Å². The van der Waals surface area contributed by atoms with Crippen molar-refractivity contribution in [3.63, 3.8) is 0 Å². The molecule has 0 aliphatic carbocycles. The minimum Gasteiger partial charge on any atom is -0.321 e. The molecular weight excluding hydrogens is 321 g/mol. The molecule has 22 heavy (non-hydrogen) atoms. The first-order valence-corrected chi connectivity index (χ1v) is 7.43. The molecule has 0 aliphatic rings. The largest absolute Gasteiger partial charge is 0.321 e. The third-order valence-electron chi connectivity index (χ3n) is 3.41. The number of hydrogen-bond acceptors (Lipinski definition) is 2. The lowest BCUT2D eigenvalue weighted by molar-refractivity contribution is 0.102. The predicted octanol–water partition coefficient (Wildman–Crippen LogP) is 4.51. The van der Waals surface area contributed by atoms with Gasteiger partial charge in [0.1, 0.15) is 11.3 Å². The zero-order valence-corrected chi connectivity index (χ0v) is 13.5. The number of nitrogens with zero attached hydrogens (tertiary/aromatic N) is 2. The van der Waals surface area contributed by atoms with Crippen LogP contribution in [-0.2, 0) is 0 Å². The van der Waals surface area contributed by atoms with E-state index in [2.05, 4.69) is 10.3 Å². The summed E-state index contributed by atoms with van der Waals surface area (Å²) < 4.78 is 1.79. The molecule has 1 amide bonds. The summed E-state index contributed by atoms with van der Waals surface area (Å²) >= 11 is 11.8. The van der Waals surface area contributed by atoms with Gasteiger partial charge in [0.05, 0.1) is 15.7 Å². The Bertz CT molecular complexity index is 886. The molecule has 112 valence electrons.